The number of anilines is 1. The van der Waals surface area contributed by atoms with Gasteiger partial charge >= 0.3 is 12.1 Å². The van der Waals surface area contributed by atoms with Crippen molar-refractivity contribution in [1.82, 2.24) is 24.8 Å². The molecule has 0 spiro atoms. The molecule has 13 heteroatoms. The van der Waals surface area contributed by atoms with E-state index >= 15 is 4.39 Å². The Bertz CT molecular complexity index is 1910. The topological polar surface area (TPSA) is 93.2 Å². The van der Waals surface area contributed by atoms with E-state index in [-0.39, 0.29) is 52.0 Å². The van der Waals surface area contributed by atoms with Crippen LogP contribution in [0.4, 0.5) is 15.0 Å². The highest BCUT2D eigenvalue weighted by Crippen LogP contribution is 2.39. The van der Waals surface area contributed by atoms with Crippen molar-refractivity contribution in [1.29, 1.82) is 0 Å². The van der Waals surface area contributed by atoms with Gasteiger partial charge in [-0.25, -0.2) is 14.2 Å². The summed E-state index contributed by atoms with van der Waals surface area (Å²) in [6.45, 7) is 14.5. The van der Waals surface area contributed by atoms with Gasteiger partial charge in [0.05, 0.1) is 24.1 Å². The molecule has 0 aliphatic carbocycles. The van der Waals surface area contributed by atoms with Gasteiger partial charge in [-0.05, 0) is 68.9 Å². The number of hydrogen-bond acceptors (Lipinski definition) is 9. The fourth-order valence-electron chi connectivity index (χ4n) is 8.64. The first-order valence-corrected chi connectivity index (χ1v) is 21.3. The number of amides is 1. The van der Waals surface area contributed by atoms with E-state index in [1.165, 1.54) is 16.6 Å². The van der Waals surface area contributed by atoms with Gasteiger partial charge in [0.2, 0.25) is 0 Å². The molecule has 3 aliphatic heterocycles. The summed E-state index contributed by atoms with van der Waals surface area (Å²) < 4.78 is 34.9. The van der Waals surface area contributed by atoms with E-state index < -0.39 is 19.7 Å². The number of piperazine rings is 1. The smallest absolute Gasteiger partial charge is 0.410 e. The number of nitrogens with zero attached hydrogens (tertiary/aromatic N) is 6. The number of aromatic nitrogens is 3. The van der Waals surface area contributed by atoms with Gasteiger partial charge in [0.1, 0.15) is 23.5 Å². The van der Waals surface area contributed by atoms with Crippen LogP contribution in [0.2, 0.25) is 10.2 Å². The normalized spacial score (nSPS) is 22.2. The maximum Gasteiger partial charge on any atom is 0.410 e. The van der Waals surface area contributed by atoms with Gasteiger partial charge in [-0.1, -0.05) is 93.0 Å². The summed E-state index contributed by atoms with van der Waals surface area (Å²) in [4.78, 5) is 32.9. The van der Waals surface area contributed by atoms with E-state index in [0.29, 0.717) is 37.5 Å². The van der Waals surface area contributed by atoms with Gasteiger partial charge in [0.15, 0.2) is 11.0 Å². The number of halogens is 2. The molecule has 1 amide bonds. The molecule has 10 nitrogen and oxygen atoms in total. The van der Waals surface area contributed by atoms with Crippen molar-refractivity contribution in [2.24, 2.45) is 0 Å². The van der Waals surface area contributed by atoms with Gasteiger partial charge in [-0.15, -0.1) is 0 Å². The van der Waals surface area contributed by atoms with Crippen LogP contribution in [0.3, 0.4) is 0 Å². The van der Waals surface area contributed by atoms with Gasteiger partial charge < -0.3 is 18.8 Å². The summed E-state index contributed by atoms with van der Waals surface area (Å²) in [5.74, 6) is -0.188. The van der Waals surface area contributed by atoms with E-state index in [2.05, 4.69) is 108 Å². The van der Waals surface area contributed by atoms with E-state index in [1.54, 1.807) is 0 Å². The Kier molecular flexibility index (Phi) is 10.7. The number of likely N-dealkylation sites (N-methyl/N-ethyl adjacent to an activating group) is 1. The Labute approximate surface area is 324 Å². The summed E-state index contributed by atoms with van der Waals surface area (Å²) in [5.41, 5.74) is -0.525. The van der Waals surface area contributed by atoms with E-state index in [9.17, 15) is 4.79 Å². The molecule has 4 atom stereocenters. The molecule has 2 aromatic carbocycles. The van der Waals surface area contributed by atoms with E-state index in [4.69, 9.17) is 30.5 Å². The van der Waals surface area contributed by atoms with Crippen LogP contribution >= 0.6 is 11.6 Å². The van der Waals surface area contributed by atoms with Crippen molar-refractivity contribution in [3.8, 4) is 6.01 Å². The maximum atomic E-state index is 15.5. The van der Waals surface area contributed by atoms with Crippen LogP contribution in [0.25, 0.3) is 10.9 Å². The highest BCUT2D eigenvalue weighted by Gasteiger charge is 2.51. The molecule has 3 aliphatic rings. The number of hydrogen-bond donors (Lipinski definition) is 0. The molecule has 0 N–H and O–H groups in total. The average Bonchev–Trinajstić information content (AvgIpc) is 3.62. The van der Waals surface area contributed by atoms with E-state index in [1.807, 2.05) is 25.7 Å². The molecule has 3 saturated heterocycles. The Morgan fingerprint density at radius 1 is 0.870 bits per heavy atom. The molecule has 4 aromatic rings. The first kappa shape index (κ1) is 38.4. The number of rotatable bonds is 9. The minimum absolute atomic E-state index is 0.0618. The number of likely N-dealkylation sites (tertiary alicyclic amines) is 1. The molecule has 2 unspecified atom stereocenters. The highest BCUT2D eigenvalue weighted by atomic mass is 35.5. The zero-order valence-electron chi connectivity index (χ0n) is 32.4. The van der Waals surface area contributed by atoms with Crippen LogP contribution in [0, 0.1) is 5.82 Å². The molecule has 54 heavy (non-hydrogen) atoms. The monoisotopic (exact) mass is 774 g/mol. The lowest BCUT2D eigenvalue weighted by Gasteiger charge is -2.44. The second-order valence-corrected chi connectivity index (χ2v) is 21.6. The lowest BCUT2D eigenvalue weighted by atomic mass is 10.1. The summed E-state index contributed by atoms with van der Waals surface area (Å²) in [5, 5.41) is 2.60. The molecule has 0 radical (unpaired) electrons. The minimum Gasteiger partial charge on any atom is -0.462 e. The fraction of sp³-hybridized carbons (Fsp3) is 0.512. The molecule has 2 aromatic heterocycles. The van der Waals surface area contributed by atoms with Crippen LogP contribution in [0.5, 0.6) is 6.01 Å². The molecule has 5 heterocycles. The van der Waals surface area contributed by atoms with Crippen molar-refractivity contribution >= 4 is 53.1 Å². The van der Waals surface area contributed by atoms with Crippen LogP contribution in [0.15, 0.2) is 66.9 Å². The average molecular weight is 775 g/mol. The van der Waals surface area contributed by atoms with Crippen molar-refractivity contribution < 1.29 is 23.1 Å². The molecule has 0 saturated carbocycles. The minimum atomic E-state index is -2.69. The SMILES string of the molecule is CN1[C@H](COc2nc(N3CC4CCC(C3)N4C(=O)OC(C)(C)C)c3cnc(Cl)c(F)c3n2)CC[C@H]1CO[Si](c1ccccc1)(c1ccccc1)C(C)(C)C. The number of pyridine rings is 1. The second kappa shape index (κ2) is 15.0. The molecule has 3 fully saturated rings. The number of benzene rings is 2. The first-order valence-electron chi connectivity index (χ1n) is 19.0. The van der Waals surface area contributed by atoms with Crippen molar-refractivity contribution in [3.63, 3.8) is 0 Å². The zero-order chi connectivity index (χ0) is 38.4. The van der Waals surface area contributed by atoms with Crippen molar-refractivity contribution in [2.45, 2.75) is 102 Å². The van der Waals surface area contributed by atoms with Crippen LogP contribution in [-0.2, 0) is 9.16 Å². The predicted molar refractivity (Wildman–Crippen MR) is 213 cm³/mol. The summed E-state index contributed by atoms with van der Waals surface area (Å²) in [6.07, 6.45) is 4.77. The highest BCUT2D eigenvalue weighted by molar-refractivity contribution is 6.99. The Balaban J connectivity index is 1.08. The lowest BCUT2D eigenvalue weighted by molar-refractivity contribution is 0.0122. The summed E-state index contributed by atoms with van der Waals surface area (Å²) >= 11 is 6.15. The molecule has 2 bridgehead atoms. The third-order valence-corrected chi connectivity index (χ3v) is 16.6. The van der Waals surface area contributed by atoms with Crippen LogP contribution < -0.4 is 20.0 Å². The van der Waals surface area contributed by atoms with Gasteiger partial charge in [-0.2, -0.15) is 9.97 Å². The van der Waals surface area contributed by atoms with Crippen molar-refractivity contribution in [2.75, 3.05) is 38.3 Å². The largest absolute Gasteiger partial charge is 0.462 e. The lowest BCUT2D eigenvalue weighted by Crippen LogP contribution is -2.67. The van der Waals surface area contributed by atoms with Gasteiger partial charge in [-0.3, -0.25) is 9.80 Å². The van der Waals surface area contributed by atoms with Crippen LogP contribution in [-0.4, -0.2) is 102 Å². The Morgan fingerprint density at radius 3 is 2.00 bits per heavy atom. The maximum absolute atomic E-state index is 15.5. The third kappa shape index (κ3) is 7.42. The number of fused-ring (bicyclic) bond motifs is 3. The molecular weight excluding hydrogens is 723 g/mol. The third-order valence-electron chi connectivity index (χ3n) is 11.3. The number of carbonyl (C=O) groups excluding carboxylic acids is 1. The molecule has 7 rings (SSSR count). The Morgan fingerprint density at radius 2 is 1.44 bits per heavy atom. The summed E-state index contributed by atoms with van der Waals surface area (Å²) in [7, 11) is -0.565. The van der Waals surface area contributed by atoms with Crippen LogP contribution in [0.1, 0.15) is 67.2 Å². The summed E-state index contributed by atoms with van der Waals surface area (Å²) in [6, 6.07) is 21.6. The molecular formula is C41H52ClFN6O4Si. The zero-order valence-corrected chi connectivity index (χ0v) is 34.1. The van der Waals surface area contributed by atoms with Gasteiger partial charge in [0.25, 0.3) is 8.32 Å². The molecule has 288 valence electrons. The second-order valence-electron chi connectivity index (χ2n) is 17.0. The fourth-order valence-corrected chi connectivity index (χ4v) is 13.4. The number of carbonyl (C=O) groups is 1. The number of ether oxygens (including phenoxy) is 2. The van der Waals surface area contributed by atoms with Crippen molar-refractivity contribution in [3.05, 3.63) is 77.8 Å². The predicted octanol–water partition coefficient (Wildman–Crippen LogP) is 6.82. The van der Waals surface area contributed by atoms with Gasteiger partial charge in [0, 0.05) is 31.4 Å². The quantitative estimate of drug-likeness (QED) is 0.134. The Hall–Kier alpha value is -3.84. The standard InChI is InChI=1S/C41H52ClFN6O4Si/c1-40(2,3)53-39(50)49-27-18-19-28(49)24-48(23-27)37-33-22-44-36(42)34(43)35(33)45-38(46-37)51-25-29-20-21-30(47(29)7)26-52-54(41(4,5)6,31-14-10-8-11-15-31)32-16-12-9-13-17-32/h8-17,22,27-30H,18-21,23-26H2,1-7H3/t27?,28?,29-,30-/m0/s1. The first-order chi connectivity index (χ1) is 25.7. The van der Waals surface area contributed by atoms with E-state index in [0.717, 1.165) is 25.7 Å².